The Balaban J connectivity index is 2.06. The third-order valence-corrected chi connectivity index (χ3v) is 5.37. The van der Waals surface area contributed by atoms with Gasteiger partial charge in [0.25, 0.3) is 0 Å². The number of benzene rings is 1. The molecule has 122 valence electrons. The van der Waals surface area contributed by atoms with Crippen molar-refractivity contribution in [3.8, 4) is 0 Å². The molecule has 0 aliphatic carbocycles. The SMILES string of the molecule is O=C(N[C@H](Cc1ccccc1)C(F)(F)F)[C@H]1CCS(=O)(=O)C1. The van der Waals surface area contributed by atoms with Crippen LogP contribution in [0.2, 0.25) is 0 Å². The van der Waals surface area contributed by atoms with Gasteiger partial charge in [0, 0.05) is 6.42 Å². The summed E-state index contributed by atoms with van der Waals surface area (Å²) in [5.41, 5.74) is 0.448. The number of hydrogen-bond acceptors (Lipinski definition) is 3. The Hall–Kier alpha value is -1.57. The van der Waals surface area contributed by atoms with Crippen molar-refractivity contribution in [3.63, 3.8) is 0 Å². The number of alkyl halides is 3. The van der Waals surface area contributed by atoms with Crippen LogP contribution in [0, 0.1) is 5.92 Å². The van der Waals surface area contributed by atoms with Crippen molar-refractivity contribution in [3.05, 3.63) is 35.9 Å². The molecule has 1 aromatic rings. The third kappa shape index (κ3) is 4.46. The summed E-state index contributed by atoms with van der Waals surface area (Å²) in [5, 5.41) is 1.96. The lowest BCUT2D eigenvalue weighted by molar-refractivity contribution is -0.162. The highest BCUT2D eigenvalue weighted by atomic mass is 32.2. The summed E-state index contributed by atoms with van der Waals surface area (Å²) in [6.45, 7) is 0. The highest BCUT2D eigenvalue weighted by molar-refractivity contribution is 7.91. The number of amides is 1. The summed E-state index contributed by atoms with van der Waals surface area (Å²) in [7, 11) is -3.31. The molecule has 1 fully saturated rings. The van der Waals surface area contributed by atoms with Gasteiger partial charge in [-0.2, -0.15) is 13.2 Å². The molecule has 1 aromatic carbocycles. The Kier molecular flexibility index (Phi) is 4.79. The lowest BCUT2D eigenvalue weighted by Gasteiger charge is -2.23. The van der Waals surface area contributed by atoms with Crippen molar-refractivity contribution in [2.45, 2.75) is 25.1 Å². The van der Waals surface area contributed by atoms with E-state index in [4.69, 9.17) is 0 Å². The number of sulfone groups is 1. The average molecular weight is 335 g/mol. The predicted octanol–water partition coefficient (Wildman–Crippen LogP) is 1.71. The number of carbonyl (C=O) groups excluding carboxylic acids is 1. The highest BCUT2D eigenvalue weighted by Crippen LogP contribution is 2.25. The summed E-state index contributed by atoms with van der Waals surface area (Å²) in [4.78, 5) is 11.9. The molecule has 22 heavy (non-hydrogen) atoms. The van der Waals surface area contributed by atoms with Crippen LogP contribution in [0.3, 0.4) is 0 Å². The van der Waals surface area contributed by atoms with Crippen LogP contribution in [0.25, 0.3) is 0 Å². The van der Waals surface area contributed by atoms with Crippen LogP contribution in [0.5, 0.6) is 0 Å². The van der Waals surface area contributed by atoms with E-state index in [0.717, 1.165) is 0 Å². The zero-order valence-corrected chi connectivity index (χ0v) is 12.5. The van der Waals surface area contributed by atoms with Crippen molar-refractivity contribution in [2.24, 2.45) is 5.92 Å². The molecule has 0 saturated carbocycles. The van der Waals surface area contributed by atoms with E-state index in [2.05, 4.69) is 0 Å². The van der Waals surface area contributed by atoms with Gasteiger partial charge < -0.3 is 5.32 Å². The zero-order valence-electron chi connectivity index (χ0n) is 11.6. The predicted molar refractivity (Wildman–Crippen MR) is 74.9 cm³/mol. The summed E-state index contributed by atoms with van der Waals surface area (Å²) in [6.07, 6.45) is -4.90. The van der Waals surface area contributed by atoms with Gasteiger partial charge in [-0.3, -0.25) is 4.79 Å². The summed E-state index contributed by atoms with van der Waals surface area (Å²) >= 11 is 0. The van der Waals surface area contributed by atoms with E-state index in [1.807, 2.05) is 5.32 Å². The van der Waals surface area contributed by atoms with Gasteiger partial charge in [-0.05, 0) is 12.0 Å². The summed E-state index contributed by atoms with van der Waals surface area (Å²) in [5.74, 6) is -2.28. The van der Waals surface area contributed by atoms with Crippen molar-refractivity contribution >= 4 is 15.7 Å². The lowest BCUT2D eigenvalue weighted by atomic mass is 10.0. The quantitative estimate of drug-likeness (QED) is 0.911. The van der Waals surface area contributed by atoms with Gasteiger partial charge in [0.2, 0.25) is 5.91 Å². The lowest BCUT2D eigenvalue weighted by Crippen LogP contribution is -2.49. The normalized spacial score (nSPS) is 22.2. The molecule has 0 bridgehead atoms. The van der Waals surface area contributed by atoms with Crippen molar-refractivity contribution < 1.29 is 26.4 Å². The van der Waals surface area contributed by atoms with E-state index in [0.29, 0.717) is 5.56 Å². The second-order valence-corrected chi connectivity index (χ2v) is 7.62. The fraction of sp³-hybridized carbons (Fsp3) is 0.500. The maximum Gasteiger partial charge on any atom is 0.408 e. The van der Waals surface area contributed by atoms with Gasteiger partial charge in [0.1, 0.15) is 6.04 Å². The Morgan fingerprint density at radius 1 is 1.27 bits per heavy atom. The van der Waals surface area contributed by atoms with E-state index < -0.39 is 33.9 Å². The first kappa shape index (κ1) is 16.8. The smallest absolute Gasteiger partial charge is 0.344 e. The van der Waals surface area contributed by atoms with Crippen LogP contribution in [-0.4, -0.2) is 38.0 Å². The molecular formula is C14H16F3NO3S. The molecule has 4 nitrogen and oxygen atoms in total. The van der Waals surface area contributed by atoms with Crippen LogP contribution < -0.4 is 5.32 Å². The average Bonchev–Trinajstić information content (AvgIpc) is 2.78. The molecule has 1 aliphatic rings. The van der Waals surface area contributed by atoms with Crippen LogP contribution in [0.15, 0.2) is 30.3 Å². The number of hydrogen-bond donors (Lipinski definition) is 1. The third-order valence-electron chi connectivity index (χ3n) is 3.60. The topological polar surface area (TPSA) is 63.2 Å². The number of carbonyl (C=O) groups is 1. The van der Waals surface area contributed by atoms with Crippen LogP contribution in [-0.2, 0) is 21.1 Å². The minimum Gasteiger partial charge on any atom is -0.344 e. The molecule has 1 saturated heterocycles. The molecule has 8 heteroatoms. The molecule has 2 atom stereocenters. The molecular weight excluding hydrogens is 319 g/mol. The highest BCUT2D eigenvalue weighted by Gasteiger charge is 2.42. The van der Waals surface area contributed by atoms with Gasteiger partial charge in [-0.1, -0.05) is 30.3 Å². The van der Waals surface area contributed by atoms with E-state index in [9.17, 15) is 26.4 Å². The fourth-order valence-electron chi connectivity index (χ4n) is 2.39. The first-order valence-electron chi connectivity index (χ1n) is 6.79. The number of nitrogens with one attached hydrogen (secondary N) is 1. The van der Waals surface area contributed by atoms with Crippen molar-refractivity contribution in [2.75, 3.05) is 11.5 Å². The Morgan fingerprint density at radius 3 is 2.41 bits per heavy atom. The van der Waals surface area contributed by atoms with Gasteiger partial charge in [0.15, 0.2) is 9.84 Å². The van der Waals surface area contributed by atoms with E-state index >= 15 is 0 Å². The first-order chi connectivity index (χ1) is 10.2. The molecule has 1 aliphatic heterocycles. The van der Waals surface area contributed by atoms with Crippen molar-refractivity contribution in [1.29, 1.82) is 0 Å². The second kappa shape index (κ2) is 6.28. The molecule has 1 heterocycles. The zero-order chi connectivity index (χ0) is 16.4. The van der Waals surface area contributed by atoms with E-state index in [1.165, 1.54) is 0 Å². The van der Waals surface area contributed by atoms with Gasteiger partial charge >= 0.3 is 6.18 Å². The Labute approximate surface area is 126 Å². The van der Waals surface area contributed by atoms with Gasteiger partial charge in [-0.15, -0.1) is 0 Å². The summed E-state index contributed by atoms with van der Waals surface area (Å²) in [6, 6.07) is 6.00. The van der Waals surface area contributed by atoms with E-state index in [-0.39, 0.29) is 24.3 Å². The van der Waals surface area contributed by atoms with Crippen molar-refractivity contribution in [1.82, 2.24) is 5.32 Å². The van der Waals surface area contributed by atoms with Crippen LogP contribution >= 0.6 is 0 Å². The molecule has 0 unspecified atom stereocenters. The standard InChI is InChI=1S/C14H16F3NO3S/c15-14(16,17)12(8-10-4-2-1-3-5-10)18-13(19)11-6-7-22(20,21)9-11/h1-5,11-12H,6-9H2,(H,18,19)/t11-,12+/m0/s1. The van der Waals surface area contributed by atoms with E-state index in [1.54, 1.807) is 30.3 Å². The largest absolute Gasteiger partial charge is 0.408 e. The first-order valence-corrected chi connectivity index (χ1v) is 8.61. The fourth-order valence-corrected chi connectivity index (χ4v) is 4.13. The van der Waals surface area contributed by atoms with Crippen LogP contribution in [0.4, 0.5) is 13.2 Å². The summed E-state index contributed by atoms with van der Waals surface area (Å²) < 4.78 is 61.9. The van der Waals surface area contributed by atoms with Crippen LogP contribution in [0.1, 0.15) is 12.0 Å². The molecule has 0 spiro atoms. The van der Waals surface area contributed by atoms with Gasteiger partial charge in [0.05, 0.1) is 17.4 Å². The number of halogens is 3. The molecule has 1 amide bonds. The minimum absolute atomic E-state index is 0.0735. The minimum atomic E-state index is -4.59. The monoisotopic (exact) mass is 335 g/mol. The maximum absolute atomic E-state index is 13.1. The number of rotatable bonds is 4. The molecule has 0 aromatic heterocycles. The maximum atomic E-state index is 13.1. The molecule has 2 rings (SSSR count). The Morgan fingerprint density at radius 2 is 1.91 bits per heavy atom. The molecule has 0 radical (unpaired) electrons. The Bertz CT molecular complexity index is 628. The second-order valence-electron chi connectivity index (χ2n) is 5.39. The van der Waals surface area contributed by atoms with Gasteiger partial charge in [-0.25, -0.2) is 8.42 Å². The molecule has 1 N–H and O–H groups in total.